The van der Waals surface area contributed by atoms with E-state index in [0.717, 1.165) is 113 Å². The fraction of sp³-hybridized carbons (Fsp3) is 0.943. The van der Waals surface area contributed by atoms with E-state index in [9.17, 15) is 0 Å². The molecule has 0 bridgehead atoms. The number of likely N-dealkylation sites (tertiary alicyclic amines) is 6. The molecule has 10 fully saturated rings. The first-order valence-electron chi connectivity index (χ1n) is 52.4. The van der Waals surface area contributed by atoms with E-state index in [2.05, 4.69) is 222 Å². The third-order valence-corrected chi connectivity index (χ3v) is 23.1. The van der Waals surface area contributed by atoms with Crippen LogP contribution in [0.3, 0.4) is 0 Å². The SMILES string of the molecule is C.CC.CC.CC.CC.CC.CC.CC.CC.CC.CC.CC(C)N1CCC1.CC(C)N1CCC2CCCCC2C1.CC(C)N1CCCC1.CC(C)N1CCCCC1.CC(C)N1CCCCCC1.CC(C)N1CCCCCC1.CC(C)N1CCCNCC1.CC(C)N1CCNCC1.CC(C)N1CCOCC1.CC(C)N1CCc2ccccc2C1. The lowest BCUT2D eigenvalue weighted by atomic mass is 9.75. The van der Waals surface area contributed by atoms with Crippen LogP contribution in [0.5, 0.6) is 0 Å². The van der Waals surface area contributed by atoms with Crippen LogP contribution in [-0.4, -0.2) is 273 Å². The number of nitrogens with one attached hydrogen (secondary N) is 2. The minimum absolute atomic E-state index is 0. The highest BCUT2D eigenvalue weighted by Crippen LogP contribution is 2.36. The van der Waals surface area contributed by atoms with E-state index >= 15 is 0 Å². The summed E-state index contributed by atoms with van der Waals surface area (Å²) in [7, 11) is 0. The largest absolute Gasteiger partial charge is 0.379 e. The summed E-state index contributed by atoms with van der Waals surface area (Å²) in [4.78, 5) is 25.4. The number of piperidine rings is 2. The number of fused-ring (bicyclic) bond motifs is 2. The smallest absolute Gasteiger partial charge is 0.0594 e. The molecule has 13 heteroatoms. The van der Waals surface area contributed by atoms with E-state index in [1.54, 1.807) is 5.56 Å². The van der Waals surface area contributed by atoms with Gasteiger partial charge in [0.1, 0.15) is 0 Å². The van der Waals surface area contributed by atoms with Gasteiger partial charge in [-0.1, -0.05) is 222 Å². The van der Waals surface area contributed by atoms with Gasteiger partial charge < -0.3 is 44.8 Å². The summed E-state index contributed by atoms with van der Waals surface area (Å²) >= 11 is 0. The van der Waals surface area contributed by atoms with Gasteiger partial charge in [-0.15, -0.1) is 0 Å². The first kappa shape index (κ1) is 136. The van der Waals surface area contributed by atoms with E-state index in [4.69, 9.17) is 4.74 Å². The highest BCUT2D eigenvalue weighted by Gasteiger charge is 2.32. The second kappa shape index (κ2) is 100. The molecule has 0 spiro atoms. The topological polar surface area (TPSA) is 65.7 Å². The van der Waals surface area contributed by atoms with Gasteiger partial charge in [0.25, 0.3) is 0 Å². The average molecular weight is 1700 g/mol. The van der Waals surface area contributed by atoms with E-state index in [1.807, 2.05) is 138 Å². The highest BCUT2D eigenvalue weighted by atomic mass is 16.5. The zero-order valence-electron chi connectivity index (χ0n) is 89.4. The van der Waals surface area contributed by atoms with Crippen LogP contribution in [0.25, 0.3) is 0 Å². The van der Waals surface area contributed by atoms with Crippen LogP contribution in [0.15, 0.2) is 24.3 Å². The minimum atomic E-state index is 0. The second-order valence-corrected chi connectivity index (χ2v) is 33.7. The van der Waals surface area contributed by atoms with Crippen molar-refractivity contribution in [2.45, 2.75) is 486 Å². The molecule has 119 heavy (non-hydrogen) atoms. The van der Waals surface area contributed by atoms with Gasteiger partial charge in [-0.3, -0.25) is 19.6 Å². The Labute approximate surface area is 757 Å². The van der Waals surface area contributed by atoms with Crippen molar-refractivity contribution in [2.75, 3.05) is 164 Å². The van der Waals surface area contributed by atoms with Crippen LogP contribution in [-0.2, 0) is 17.7 Å². The van der Waals surface area contributed by atoms with E-state index in [0.29, 0.717) is 12.1 Å². The van der Waals surface area contributed by atoms with Crippen molar-refractivity contribution in [1.29, 1.82) is 0 Å². The number of hydrogen-bond acceptors (Lipinski definition) is 13. The molecule has 2 N–H and O–H groups in total. The summed E-state index contributed by atoms with van der Waals surface area (Å²) in [6.07, 6.45) is 30.0. The number of nitrogens with zero attached hydrogens (tertiary/aromatic N) is 10. The summed E-state index contributed by atoms with van der Waals surface area (Å²) in [6, 6.07) is 16.2. The molecule has 11 aliphatic rings. The van der Waals surface area contributed by atoms with Crippen LogP contribution >= 0.6 is 0 Å². The number of morpholine rings is 1. The van der Waals surface area contributed by atoms with Crippen LogP contribution in [0, 0.1) is 11.8 Å². The lowest BCUT2D eigenvalue weighted by Crippen LogP contribution is -2.46. The van der Waals surface area contributed by atoms with Gasteiger partial charge in [0.2, 0.25) is 0 Å². The Kier molecular flexibility index (Phi) is 115. The van der Waals surface area contributed by atoms with Crippen LogP contribution in [0.2, 0.25) is 0 Å². The van der Waals surface area contributed by atoms with Gasteiger partial charge in [-0.2, -0.15) is 0 Å². The van der Waals surface area contributed by atoms with E-state index in [1.165, 1.54) is 258 Å². The molecule has 10 aliphatic heterocycles. The first-order valence-corrected chi connectivity index (χ1v) is 52.4. The molecule has 1 aromatic rings. The standard InChI is InChI=1S/C12H23N.C12H17N.2C9H19N.C8H18N2.C8H17N.C7H16N2.C7H15NO.C7H15N.C6H13N.10C2H6.CH4/c2*1-10(2)13-8-7-11-5-3-4-6-12(11)9-13;2*1-9(2)10-7-5-3-4-6-8-10;1-8(2)10-6-3-4-9-5-7-10;1-8(2)9-6-4-3-5-7-9;1-7(2)9-5-3-8-4-6-9;1-7(2)8-3-5-9-6-4-8;1-7(2)8-5-3-4-6-8;1-6(2)7-4-3-5-7;10*1-2;/h10-12H,3-9H2,1-2H3;3-6,10H,7-9H2,1-2H3;2*9H,3-8H2,1-2H3;8-9H,3-7H2,1-2H3;8H,3-7H2,1-2H3;7-8H,3-6H2,1-2H3;7H,3-6H2,1-2H3;7H,3-6H2,1-2H3;6H,3-5H2,1-2H3;10*1-2H3;1H4. The van der Waals surface area contributed by atoms with Gasteiger partial charge >= 0.3 is 0 Å². The molecule has 1 aliphatic carbocycles. The molecule has 12 rings (SSSR count). The monoisotopic (exact) mass is 1690 g/mol. The average Bonchev–Trinajstić information content (AvgIpc) is 1.19. The fourth-order valence-electron chi connectivity index (χ4n) is 15.5. The van der Waals surface area contributed by atoms with Crippen molar-refractivity contribution in [3.05, 3.63) is 35.4 Å². The van der Waals surface area contributed by atoms with Crippen LogP contribution in [0.1, 0.15) is 424 Å². The van der Waals surface area contributed by atoms with Gasteiger partial charge in [0, 0.05) is 132 Å². The summed E-state index contributed by atoms with van der Waals surface area (Å²) in [5.74, 6) is 2.13. The Morgan fingerprint density at radius 1 is 0.235 bits per heavy atom. The molecule has 9 saturated heterocycles. The zero-order valence-corrected chi connectivity index (χ0v) is 89.4. The zero-order chi connectivity index (χ0) is 92.0. The van der Waals surface area contributed by atoms with E-state index < -0.39 is 0 Å². The second-order valence-electron chi connectivity index (χ2n) is 33.7. The molecule has 0 radical (unpaired) electrons. The molecule has 0 aromatic heterocycles. The predicted octanol–water partition coefficient (Wildman–Crippen LogP) is 27.0. The molecule has 10 heterocycles. The lowest BCUT2D eigenvalue weighted by Gasteiger charge is -2.42. The third kappa shape index (κ3) is 75.4. The van der Waals surface area contributed by atoms with Crippen molar-refractivity contribution < 1.29 is 4.74 Å². The van der Waals surface area contributed by atoms with Crippen molar-refractivity contribution in [2.24, 2.45) is 11.8 Å². The molecule has 1 aromatic carbocycles. The van der Waals surface area contributed by atoms with Crippen molar-refractivity contribution in [1.82, 2.24) is 59.6 Å². The number of piperazine rings is 1. The Bertz CT molecular complexity index is 1820. The summed E-state index contributed by atoms with van der Waals surface area (Å²) in [5.41, 5.74) is 3.06. The molecule has 2 atom stereocenters. The first-order chi connectivity index (χ1) is 57.0. The highest BCUT2D eigenvalue weighted by molar-refractivity contribution is 5.29. The molecule has 0 amide bonds. The molecular formula is C106H236N12O. The van der Waals surface area contributed by atoms with Crippen LogP contribution in [0.4, 0.5) is 0 Å². The Morgan fingerprint density at radius 2 is 0.487 bits per heavy atom. The Morgan fingerprint density at radius 3 is 0.790 bits per heavy atom. The maximum atomic E-state index is 5.21. The van der Waals surface area contributed by atoms with Crippen molar-refractivity contribution in [3.8, 4) is 0 Å². The molecular weight excluding hydrogens is 1460 g/mol. The normalized spacial score (nSPS) is 20.3. The quantitative estimate of drug-likeness (QED) is 0.234. The maximum absolute atomic E-state index is 5.21. The predicted molar refractivity (Wildman–Crippen MR) is 552 cm³/mol. The van der Waals surface area contributed by atoms with Gasteiger partial charge in [-0.05, 0) is 330 Å². The minimum Gasteiger partial charge on any atom is -0.379 e. The van der Waals surface area contributed by atoms with Gasteiger partial charge in [0.15, 0.2) is 0 Å². The maximum Gasteiger partial charge on any atom is 0.0594 e. The third-order valence-electron chi connectivity index (χ3n) is 23.1. The fourth-order valence-corrected chi connectivity index (χ4v) is 15.5. The van der Waals surface area contributed by atoms with Crippen molar-refractivity contribution >= 4 is 0 Å². The van der Waals surface area contributed by atoms with Crippen molar-refractivity contribution in [3.63, 3.8) is 0 Å². The number of hydrogen-bond donors (Lipinski definition) is 2. The molecule has 1 saturated carbocycles. The van der Waals surface area contributed by atoms with Crippen LogP contribution < -0.4 is 10.6 Å². The Balaban J connectivity index is -0.000000158. The lowest BCUT2D eigenvalue weighted by molar-refractivity contribution is 0.0238. The molecule has 726 valence electrons. The summed E-state index contributed by atoms with van der Waals surface area (Å²) in [5, 5.41) is 6.72. The molecule has 13 nitrogen and oxygen atoms in total. The van der Waals surface area contributed by atoms with E-state index in [-0.39, 0.29) is 7.43 Å². The summed E-state index contributed by atoms with van der Waals surface area (Å²) < 4.78 is 5.21. The van der Waals surface area contributed by atoms with Gasteiger partial charge in [0.05, 0.1) is 13.2 Å². The Hall–Kier alpha value is -1.30. The molecule has 2 unspecified atom stereocenters. The number of benzene rings is 1. The summed E-state index contributed by atoms with van der Waals surface area (Å²) in [6.45, 7) is 118. The van der Waals surface area contributed by atoms with Gasteiger partial charge in [-0.25, -0.2) is 0 Å². The number of rotatable bonds is 10. The number of ether oxygens (including phenoxy) is 1.